The maximum absolute atomic E-state index is 11.6. The first-order valence-electron chi connectivity index (χ1n) is 6.23. The molecule has 106 valence electrons. The lowest BCUT2D eigenvalue weighted by molar-refractivity contribution is 0.205. The Kier molecular flexibility index (Phi) is 4.32. The van der Waals surface area contributed by atoms with Gasteiger partial charge in [0.15, 0.2) is 5.65 Å². The van der Waals surface area contributed by atoms with Crippen LogP contribution in [0.4, 0.5) is 5.82 Å². The molecule has 2 rings (SSSR count). The molecule has 8 nitrogen and oxygen atoms in total. The van der Waals surface area contributed by atoms with E-state index in [0.29, 0.717) is 43.4 Å². The minimum Gasteiger partial charge on any atom is -0.383 e. The van der Waals surface area contributed by atoms with E-state index in [0.717, 1.165) is 0 Å². The molecule has 0 fully saturated rings. The van der Waals surface area contributed by atoms with Gasteiger partial charge in [-0.25, -0.2) is 19.3 Å². The smallest absolute Gasteiger partial charge is 0.349 e. The summed E-state index contributed by atoms with van der Waals surface area (Å²) >= 11 is 0. The van der Waals surface area contributed by atoms with Gasteiger partial charge in [0.2, 0.25) is 0 Å². The molecule has 0 aliphatic rings. The highest BCUT2D eigenvalue weighted by molar-refractivity contribution is 5.51. The Labute approximate surface area is 115 Å². The summed E-state index contributed by atoms with van der Waals surface area (Å²) in [5.41, 5.74) is 0.203. The average Bonchev–Trinajstić information content (AvgIpc) is 2.81. The van der Waals surface area contributed by atoms with Crippen LogP contribution in [0.2, 0.25) is 0 Å². The molecule has 0 radical (unpaired) electrons. The molecular weight excluding hydrogens is 260 g/mol. The Hall–Kier alpha value is -2.40. The Morgan fingerprint density at radius 1 is 1.55 bits per heavy atom. The zero-order chi connectivity index (χ0) is 14.5. The van der Waals surface area contributed by atoms with Crippen LogP contribution in [0.15, 0.2) is 10.9 Å². The highest BCUT2D eigenvalue weighted by atomic mass is 16.5. The summed E-state index contributed by atoms with van der Waals surface area (Å²) in [5.74, 6) is 1.23. The first-order valence-corrected chi connectivity index (χ1v) is 6.23. The van der Waals surface area contributed by atoms with Crippen molar-refractivity contribution in [3.63, 3.8) is 0 Å². The minimum absolute atomic E-state index is 0.308. The molecule has 0 saturated heterocycles. The third-order valence-corrected chi connectivity index (χ3v) is 2.94. The summed E-state index contributed by atoms with van der Waals surface area (Å²) in [4.78, 5) is 17.9. The standard InChI is InChI=1S/C12H16N6O2/c1-9-14-10(8-11-15-16-12(19)18(9)11)17(5-3-4-13)6-7-20-2/h8H,3,5-7H2,1-2H3,(H,16,19). The number of H-pyrrole nitrogens is 1. The Morgan fingerprint density at radius 3 is 3.05 bits per heavy atom. The number of nitriles is 1. The van der Waals surface area contributed by atoms with Crippen molar-refractivity contribution >= 4 is 11.5 Å². The van der Waals surface area contributed by atoms with Crippen molar-refractivity contribution in [2.24, 2.45) is 0 Å². The van der Waals surface area contributed by atoms with Crippen LogP contribution < -0.4 is 10.6 Å². The summed E-state index contributed by atoms with van der Waals surface area (Å²) < 4.78 is 6.47. The number of nitrogens with zero attached hydrogens (tertiary/aromatic N) is 5. The molecule has 0 amide bonds. The molecule has 0 aromatic carbocycles. The van der Waals surface area contributed by atoms with E-state index < -0.39 is 0 Å². The molecule has 0 aliphatic heterocycles. The van der Waals surface area contributed by atoms with Crippen LogP contribution in [0.3, 0.4) is 0 Å². The summed E-state index contributed by atoms with van der Waals surface area (Å²) in [7, 11) is 1.62. The Morgan fingerprint density at radius 2 is 2.35 bits per heavy atom. The fourth-order valence-corrected chi connectivity index (χ4v) is 1.97. The maximum Gasteiger partial charge on any atom is 0.349 e. The molecule has 0 aliphatic carbocycles. The number of rotatable bonds is 6. The van der Waals surface area contributed by atoms with Crippen molar-refractivity contribution in [2.75, 3.05) is 31.7 Å². The van der Waals surface area contributed by atoms with E-state index in [9.17, 15) is 4.79 Å². The monoisotopic (exact) mass is 276 g/mol. The van der Waals surface area contributed by atoms with Gasteiger partial charge in [-0.1, -0.05) is 0 Å². The molecular formula is C12H16N6O2. The molecule has 8 heteroatoms. The number of hydrogen-bond donors (Lipinski definition) is 1. The minimum atomic E-state index is -0.308. The van der Waals surface area contributed by atoms with E-state index in [2.05, 4.69) is 21.3 Å². The molecule has 2 heterocycles. The first-order chi connectivity index (χ1) is 9.67. The molecule has 0 unspecified atom stereocenters. The fraction of sp³-hybridized carbons (Fsp3) is 0.500. The quantitative estimate of drug-likeness (QED) is 0.803. The number of anilines is 1. The second kappa shape index (κ2) is 6.16. The SMILES string of the molecule is COCCN(CCC#N)c1cc2n[nH]c(=O)n2c(C)n1. The number of nitrogens with one attached hydrogen (secondary N) is 1. The molecule has 0 bridgehead atoms. The summed E-state index contributed by atoms with van der Waals surface area (Å²) in [6, 6.07) is 3.83. The van der Waals surface area contributed by atoms with Crippen LogP contribution in [0.25, 0.3) is 5.65 Å². The highest BCUT2D eigenvalue weighted by Crippen LogP contribution is 2.14. The lowest BCUT2D eigenvalue weighted by Gasteiger charge is -2.22. The van der Waals surface area contributed by atoms with Gasteiger partial charge in [-0.2, -0.15) is 10.4 Å². The second-order valence-corrected chi connectivity index (χ2v) is 4.27. The number of ether oxygens (including phenoxy) is 1. The van der Waals surface area contributed by atoms with Gasteiger partial charge in [0.05, 0.1) is 19.1 Å². The zero-order valence-corrected chi connectivity index (χ0v) is 11.5. The normalized spacial score (nSPS) is 10.7. The van der Waals surface area contributed by atoms with Gasteiger partial charge in [-0.05, 0) is 6.92 Å². The van der Waals surface area contributed by atoms with Crippen LogP contribution in [0, 0.1) is 18.3 Å². The first kappa shape index (κ1) is 14.0. The van der Waals surface area contributed by atoms with Gasteiger partial charge in [-0.3, -0.25) is 0 Å². The van der Waals surface area contributed by atoms with Gasteiger partial charge in [0, 0.05) is 26.3 Å². The van der Waals surface area contributed by atoms with Crippen molar-refractivity contribution in [1.29, 1.82) is 5.26 Å². The van der Waals surface area contributed by atoms with Crippen LogP contribution in [0.5, 0.6) is 0 Å². The lowest BCUT2D eigenvalue weighted by atomic mass is 10.3. The lowest BCUT2D eigenvalue weighted by Crippen LogP contribution is -2.29. The van der Waals surface area contributed by atoms with E-state index in [-0.39, 0.29) is 5.69 Å². The van der Waals surface area contributed by atoms with E-state index in [4.69, 9.17) is 10.00 Å². The number of aromatic nitrogens is 4. The molecule has 2 aromatic rings. The zero-order valence-electron chi connectivity index (χ0n) is 11.5. The van der Waals surface area contributed by atoms with Gasteiger partial charge >= 0.3 is 5.69 Å². The highest BCUT2D eigenvalue weighted by Gasteiger charge is 2.12. The van der Waals surface area contributed by atoms with Crippen molar-refractivity contribution < 1.29 is 4.74 Å². The van der Waals surface area contributed by atoms with E-state index in [1.54, 1.807) is 20.1 Å². The van der Waals surface area contributed by atoms with E-state index in [1.165, 1.54) is 4.40 Å². The second-order valence-electron chi connectivity index (χ2n) is 4.27. The molecule has 1 N–H and O–H groups in total. The molecule has 0 atom stereocenters. The van der Waals surface area contributed by atoms with Crippen molar-refractivity contribution in [1.82, 2.24) is 19.6 Å². The summed E-state index contributed by atoms with van der Waals surface area (Å²) in [6.07, 6.45) is 0.392. The van der Waals surface area contributed by atoms with Crippen LogP contribution >= 0.6 is 0 Å². The van der Waals surface area contributed by atoms with Crippen molar-refractivity contribution in [3.8, 4) is 6.07 Å². The number of aryl methyl sites for hydroxylation is 1. The molecule has 0 saturated carbocycles. The topological polar surface area (TPSA) is 99.3 Å². The number of aromatic amines is 1. The largest absolute Gasteiger partial charge is 0.383 e. The van der Waals surface area contributed by atoms with Gasteiger partial charge in [0.25, 0.3) is 0 Å². The number of fused-ring (bicyclic) bond motifs is 1. The Bertz CT molecular complexity index is 683. The van der Waals surface area contributed by atoms with Gasteiger partial charge in [-0.15, -0.1) is 0 Å². The molecule has 0 spiro atoms. The van der Waals surface area contributed by atoms with Crippen LogP contribution in [-0.2, 0) is 4.74 Å². The summed E-state index contributed by atoms with van der Waals surface area (Å²) in [5, 5.41) is 15.1. The average molecular weight is 276 g/mol. The van der Waals surface area contributed by atoms with Gasteiger partial charge < -0.3 is 9.64 Å². The molecule has 2 aromatic heterocycles. The van der Waals surface area contributed by atoms with Crippen LogP contribution in [0.1, 0.15) is 12.2 Å². The third-order valence-electron chi connectivity index (χ3n) is 2.94. The maximum atomic E-state index is 11.6. The third kappa shape index (κ3) is 2.78. The van der Waals surface area contributed by atoms with Crippen molar-refractivity contribution in [3.05, 3.63) is 22.4 Å². The van der Waals surface area contributed by atoms with E-state index >= 15 is 0 Å². The number of hydrogen-bond acceptors (Lipinski definition) is 6. The predicted octanol–water partition coefficient (Wildman–Crippen LogP) is 0.0925. The molecule has 20 heavy (non-hydrogen) atoms. The van der Waals surface area contributed by atoms with E-state index in [1.807, 2.05) is 4.90 Å². The Balaban J connectivity index is 2.37. The summed E-state index contributed by atoms with van der Waals surface area (Å²) in [6.45, 7) is 3.45. The van der Waals surface area contributed by atoms with Gasteiger partial charge in [0.1, 0.15) is 11.6 Å². The number of methoxy groups -OCH3 is 1. The van der Waals surface area contributed by atoms with Crippen LogP contribution in [-0.4, -0.2) is 46.4 Å². The fourth-order valence-electron chi connectivity index (χ4n) is 1.97. The van der Waals surface area contributed by atoms with Crippen molar-refractivity contribution in [2.45, 2.75) is 13.3 Å². The predicted molar refractivity (Wildman–Crippen MR) is 72.7 cm³/mol.